The maximum atomic E-state index is 11.9. The van der Waals surface area contributed by atoms with Crippen molar-refractivity contribution in [3.63, 3.8) is 0 Å². The summed E-state index contributed by atoms with van der Waals surface area (Å²) in [7, 11) is 3.85. The van der Waals surface area contributed by atoms with Gasteiger partial charge in [-0.3, -0.25) is 4.79 Å². The molecule has 2 aromatic rings. The number of esters is 1. The van der Waals surface area contributed by atoms with Gasteiger partial charge in [0.05, 0.1) is 5.56 Å². The molecule has 0 spiro atoms. The molecule has 0 radical (unpaired) electrons. The molecule has 0 saturated heterocycles. The van der Waals surface area contributed by atoms with Crippen LogP contribution in [0, 0.1) is 3.57 Å². The van der Waals surface area contributed by atoms with Crippen LogP contribution < -0.4 is 4.90 Å². The van der Waals surface area contributed by atoms with Gasteiger partial charge >= 0.3 is 5.97 Å². The normalized spacial score (nSPS) is 10.1. The average Bonchev–Trinajstić information content (AvgIpc) is 2.53. The summed E-state index contributed by atoms with van der Waals surface area (Å²) in [6.07, 6.45) is 0. The number of ketones is 1. The van der Waals surface area contributed by atoms with Crippen molar-refractivity contribution in [3.05, 3.63) is 63.2 Å². The smallest absolute Gasteiger partial charge is 0.338 e. The van der Waals surface area contributed by atoms with E-state index in [0.717, 1.165) is 9.26 Å². The zero-order valence-electron chi connectivity index (χ0n) is 12.4. The molecule has 2 aromatic carbocycles. The Balaban J connectivity index is 1.94. The number of nitrogens with zero attached hydrogens (tertiary/aromatic N) is 1. The highest BCUT2D eigenvalue weighted by Crippen LogP contribution is 2.13. The molecule has 0 heterocycles. The minimum absolute atomic E-state index is 0.213. The van der Waals surface area contributed by atoms with Gasteiger partial charge in [0.2, 0.25) is 0 Å². The number of hydrogen-bond acceptors (Lipinski definition) is 4. The number of carbonyl (C=O) groups excluding carboxylic acids is 2. The Bertz CT molecular complexity index is 663. The Morgan fingerprint density at radius 3 is 2.05 bits per heavy atom. The van der Waals surface area contributed by atoms with Gasteiger partial charge in [0.25, 0.3) is 0 Å². The van der Waals surface area contributed by atoms with Crippen LogP contribution in [0.2, 0.25) is 0 Å². The molecule has 0 fully saturated rings. The Hall–Kier alpha value is -1.89. The number of carbonyl (C=O) groups is 2. The zero-order valence-corrected chi connectivity index (χ0v) is 14.5. The van der Waals surface area contributed by atoms with Crippen molar-refractivity contribution in [2.24, 2.45) is 0 Å². The van der Waals surface area contributed by atoms with Crippen LogP contribution in [0.15, 0.2) is 48.5 Å². The molecule has 4 nitrogen and oxygen atoms in total. The van der Waals surface area contributed by atoms with E-state index in [1.807, 2.05) is 43.3 Å². The Kier molecular flexibility index (Phi) is 5.54. The number of hydrogen-bond donors (Lipinski definition) is 0. The second kappa shape index (κ2) is 7.40. The van der Waals surface area contributed by atoms with Gasteiger partial charge in [-0.05, 0) is 59.0 Å². The molecule has 0 bridgehead atoms. The quantitative estimate of drug-likeness (QED) is 0.432. The number of anilines is 1. The molecular formula is C17H16INO3. The summed E-state index contributed by atoms with van der Waals surface area (Å²) in [5.41, 5.74) is 1.96. The van der Waals surface area contributed by atoms with E-state index < -0.39 is 5.97 Å². The summed E-state index contributed by atoms with van der Waals surface area (Å²) < 4.78 is 6.12. The molecule has 0 atom stereocenters. The van der Waals surface area contributed by atoms with Crippen LogP contribution in [-0.2, 0) is 4.74 Å². The van der Waals surface area contributed by atoms with E-state index >= 15 is 0 Å². The number of benzene rings is 2. The van der Waals surface area contributed by atoms with Crippen molar-refractivity contribution in [2.45, 2.75) is 0 Å². The highest BCUT2D eigenvalue weighted by Gasteiger charge is 2.12. The average molecular weight is 409 g/mol. The van der Waals surface area contributed by atoms with Crippen molar-refractivity contribution in [1.29, 1.82) is 0 Å². The fourth-order valence-corrected chi connectivity index (χ4v) is 2.19. The summed E-state index contributed by atoms with van der Waals surface area (Å²) in [5.74, 6) is -0.709. The highest BCUT2D eigenvalue weighted by molar-refractivity contribution is 14.1. The summed E-state index contributed by atoms with van der Waals surface area (Å²) in [4.78, 5) is 25.8. The second-order valence-corrected chi connectivity index (χ2v) is 6.19. The molecule has 0 saturated carbocycles. The van der Waals surface area contributed by atoms with E-state index in [0.29, 0.717) is 11.1 Å². The number of Topliss-reactive ketones (excluding diaryl/α,β-unsaturated/α-hetero) is 1. The predicted molar refractivity (Wildman–Crippen MR) is 94.5 cm³/mol. The van der Waals surface area contributed by atoms with E-state index in [-0.39, 0.29) is 12.4 Å². The van der Waals surface area contributed by atoms with Crippen molar-refractivity contribution < 1.29 is 14.3 Å². The molecule has 0 aliphatic rings. The van der Waals surface area contributed by atoms with E-state index in [1.54, 1.807) is 24.3 Å². The minimum Gasteiger partial charge on any atom is -0.454 e. The van der Waals surface area contributed by atoms with Crippen molar-refractivity contribution >= 4 is 40.0 Å². The minimum atomic E-state index is -0.496. The molecule has 22 heavy (non-hydrogen) atoms. The molecule has 0 N–H and O–H groups in total. The van der Waals surface area contributed by atoms with Gasteiger partial charge in [-0.1, -0.05) is 12.1 Å². The molecule has 0 aliphatic carbocycles. The van der Waals surface area contributed by atoms with E-state index in [9.17, 15) is 9.59 Å². The zero-order chi connectivity index (χ0) is 16.1. The fourth-order valence-electron chi connectivity index (χ4n) is 1.83. The van der Waals surface area contributed by atoms with E-state index in [1.165, 1.54) is 0 Å². The third kappa shape index (κ3) is 4.30. The fraction of sp³-hybridized carbons (Fsp3) is 0.176. The van der Waals surface area contributed by atoms with Crippen LogP contribution in [0.1, 0.15) is 20.7 Å². The van der Waals surface area contributed by atoms with Gasteiger partial charge in [-0.25, -0.2) is 4.79 Å². The van der Waals surface area contributed by atoms with Crippen molar-refractivity contribution in [1.82, 2.24) is 0 Å². The van der Waals surface area contributed by atoms with Crippen LogP contribution >= 0.6 is 22.6 Å². The summed E-state index contributed by atoms with van der Waals surface area (Å²) in [6.45, 7) is -0.255. The van der Waals surface area contributed by atoms with Crippen LogP contribution in [-0.4, -0.2) is 32.5 Å². The third-order valence-electron chi connectivity index (χ3n) is 3.12. The lowest BCUT2D eigenvalue weighted by molar-refractivity contribution is 0.0475. The molecule has 0 aromatic heterocycles. The second-order valence-electron chi connectivity index (χ2n) is 4.95. The van der Waals surface area contributed by atoms with Gasteiger partial charge < -0.3 is 9.64 Å². The standard InChI is InChI=1S/C17H16INO3/c1-19(2)15-9-5-13(6-10-15)17(21)22-11-16(20)12-3-7-14(18)8-4-12/h3-10H,11H2,1-2H3. The topological polar surface area (TPSA) is 46.6 Å². The van der Waals surface area contributed by atoms with Crippen LogP contribution in [0.3, 0.4) is 0 Å². The first-order valence-electron chi connectivity index (χ1n) is 6.70. The Morgan fingerprint density at radius 1 is 0.955 bits per heavy atom. The largest absolute Gasteiger partial charge is 0.454 e. The number of halogens is 1. The molecule has 5 heteroatoms. The summed E-state index contributed by atoms with van der Waals surface area (Å²) >= 11 is 2.17. The third-order valence-corrected chi connectivity index (χ3v) is 3.84. The van der Waals surface area contributed by atoms with Crippen LogP contribution in [0.5, 0.6) is 0 Å². The Labute approximate surface area is 143 Å². The maximum absolute atomic E-state index is 11.9. The molecule has 114 valence electrons. The van der Waals surface area contributed by atoms with Gasteiger partial charge in [-0.2, -0.15) is 0 Å². The maximum Gasteiger partial charge on any atom is 0.338 e. The summed E-state index contributed by atoms with van der Waals surface area (Å²) in [6, 6.07) is 14.2. The van der Waals surface area contributed by atoms with Gasteiger partial charge in [-0.15, -0.1) is 0 Å². The van der Waals surface area contributed by atoms with Crippen LogP contribution in [0.4, 0.5) is 5.69 Å². The van der Waals surface area contributed by atoms with E-state index in [2.05, 4.69) is 22.6 Å². The first-order chi connectivity index (χ1) is 10.5. The first-order valence-corrected chi connectivity index (χ1v) is 7.78. The van der Waals surface area contributed by atoms with Crippen molar-refractivity contribution in [3.8, 4) is 0 Å². The first kappa shape index (κ1) is 16.5. The molecule has 0 amide bonds. The van der Waals surface area contributed by atoms with E-state index in [4.69, 9.17) is 4.74 Å². The highest BCUT2D eigenvalue weighted by atomic mass is 127. The summed E-state index contributed by atoms with van der Waals surface area (Å²) in [5, 5.41) is 0. The van der Waals surface area contributed by atoms with Gasteiger partial charge in [0.1, 0.15) is 0 Å². The Morgan fingerprint density at radius 2 is 1.50 bits per heavy atom. The molecular weight excluding hydrogens is 393 g/mol. The lowest BCUT2D eigenvalue weighted by Crippen LogP contribution is -2.14. The monoisotopic (exact) mass is 409 g/mol. The lowest BCUT2D eigenvalue weighted by Gasteiger charge is -2.12. The van der Waals surface area contributed by atoms with Crippen molar-refractivity contribution in [2.75, 3.05) is 25.6 Å². The SMILES string of the molecule is CN(C)c1ccc(C(=O)OCC(=O)c2ccc(I)cc2)cc1. The van der Waals surface area contributed by atoms with Gasteiger partial charge in [0, 0.05) is 28.9 Å². The van der Waals surface area contributed by atoms with Crippen LogP contribution in [0.25, 0.3) is 0 Å². The predicted octanol–water partition coefficient (Wildman–Crippen LogP) is 3.40. The number of ether oxygens (including phenoxy) is 1. The van der Waals surface area contributed by atoms with Gasteiger partial charge in [0.15, 0.2) is 12.4 Å². The number of rotatable bonds is 5. The molecule has 0 unspecified atom stereocenters. The molecule has 0 aliphatic heterocycles. The molecule has 2 rings (SSSR count). The lowest BCUT2D eigenvalue weighted by atomic mass is 10.1.